The zero-order chi connectivity index (χ0) is 6.85. The summed E-state index contributed by atoms with van der Waals surface area (Å²) in [7, 11) is 0. The molecule has 0 aromatic rings. The van der Waals surface area contributed by atoms with Crippen molar-refractivity contribution in [1.29, 1.82) is 0 Å². The predicted octanol–water partition coefficient (Wildman–Crippen LogP) is 1.99. The largest absolute Gasteiger partial charge is 0.336 e. The second kappa shape index (κ2) is 2.78. The van der Waals surface area contributed by atoms with Crippen molar-refractivity contribution in [2.24, 2.45) is 4.99 Å². The molecule has 49 valence electrons. The minimum Gasteiger partial charge on any atom is -0.336 e. The van der Waals surface area contributed by atoms with Crippen molar-refractivity contribution >= 4 is 40.1 Å². The molecule has 0 unspecified atom stereocenters. The van der Waals surface area contributed by atoms with Crippen molar-refractivity contribution in [3.63, 3.8) is 0 Å². The van der Waals surface area contributed by atoms with Crippen LogP contribution in [-0.4, -0.2) is 5.29 Å². The zero-order valence-electron chi connectivity index (χ0n) is 4.16. The molecule has 0 atom stereocenters. The van der Waals surface area contributed by atoms with Crippen LogP contribution in [0.3, 0.4) is 0 Å². The lowest BCUT2D eigenvalue weighted by Crippen LogP contribution is -2.16. The maximum Gasteiger partial charge on any atom is 0.217 e. The highest BCUT2D eigenvalue weighted by molar-refractivity contribution is 6.65. The van der Waals surface area contributed by atoms with Gasteiger partial charge in [-0.25, -0.2) is 4.99 Å². The molecular weight excluding hydrogens is 182 g/mol. The summed E-state index contributed by atoms with van der Waals surface area (Å²) < 4.78 is 0. The molecule has 1 radical (unpaired) electrons. The Morgan fingerprint density at radius 1 is 1.33 bits per heavy atom. The van der Waals surface area contributed by atoms with Crippen molar-refractivity contribution in [3.05, 3.63) is 16.7 Å². The topological polar surface area (TPSA) is 24.4 Å². The molecule has 2 nitrogen and oxygen atoms in total. The third kappa shape index (κ3) is 1.75. The van der Waals surface area contributed by atoms with E-state index < -0.39 is 0 Å². The first kappa shape index (κ1) is 7.19. The summed E-state index contributed by atoms with van der Waals surface area (Å²) in [5.41, 5.74) is 0.209. The van der Waals surface area contributed by atoms with Crippen molar-refractivity contribution in [3.8, 4) is 0 Å². The van der Waals surface area contributed by atoms with Crippen LogP contribution in [-0.2, 0) is 0 Å². The average molecular weight is 184 g/mol. The summed E-state index contributed by atoms with van der Waals surface area (Å²) in [5.74, 6) is 0. The van der Waals surface area contributed by atoms with Crippen molar-refractivity contribution < 1.29 is 0 Å². The van der Waals surface area contributed by atoms with E-state index in [1.54, 1.807) is 0 Å². The third-order valence-corrected chi connectivity index (χ3v) is 1.58. The molecule has 0 aliphatic carbocycles. The highest BCUT2D eigenvalue weighted by Crippen LogP contribution is 2.25. The van der Waals surface area contributed by atoms with E-state index in [-0.39, 0.29) is 10.8 Å². The molecule has 0 saturated carbocycles. The molecule has 1 rings (SSSR count). The van der Waals surface area contributed by atoms with E-state index >= 15 is 0 Å². The Balaban J connectivity index is 2.70. The monoisotopic (exact) mass is 183 g/mol. The molecule has 5 heteroatoms. The highest BCUT2D eigenvalue weighted by atomic mass is 35.5. The first-order valence-corrected chi connectivity index (χ1v) is 3.23. The number of amidine groups is 1. The Labute approximate surface area is 67.5 Å². The van der Waals surface area contributed by atoms with Gasteiger partial charge in [-0.15, -0.1) is 0 Å². The first-order chi connectivity index (χ1) is 4.20. The lowest BCUT2D eigenvalue weighted by atomic mass is 10.5. The fourth-order valence-electron chi connectivity index (χ4n) is 0.354. The van der Waals surface area contributed by atoms with E-state index in [1.165, 1.54) is 6.20 Å². The molecule has 0 bridgehead atoms. The molecular formula is C4H2Cl3N2. The molecule has 0 fully saturated rings. The van der Waals surface area contributed by atoms with Crippen LogP contribution in [0.25, 0.3) is 0 Å². The van der Waals surface area contributed by atoms with E-state index in [1.807, 2.05) is 0 Å². The van der Waals surface area contributed by atoms with Crippen LogP contribution in [0.15, 0.2) is 16.2 Å². The lowest BCUT2D eigenvalue weighted by molar-refractivity contribution is 1.16. The van der Waals surface area contributed by atoms with Crippen LogP contribution in [0.5, 0.6) is 0 Å². The van der Waals surface area contributed by atoms with Gasteiger partial charge in [0.25, 0.3) is 0 Å². The maximum atomic E-state index is 5.50. The molecule has 0 saturated heterocycles. The molecule has 1 aliphatic rings. The summed E-state index contributed by atoms with van der Waals surface area (Å²) in [6.07, 6.45) is 1.47. The van der Waals surface area contributed by atoms with Crippen LogP contribution in [0.4, 0.5) is 0 Å². The number of hydrogen-bond donors (Lipinski definition) is 1. The molecule has 1 heterocycles. The number of rotatable bonds is 0. The molecule has 1 N–H and O–H groups in total. The van der Waals surface area contributed by atoms with Gasteiger partial charge < -0.3 is 5.32 Å². The third-order valence-electron chi connectivity index (χ3n) is 0.711. The second-order valence-electron chi connectivity index (χ2n) is 1.33. The van der Waals surface area contributed by atoms with Gasteiger partial charge >= 0.3 is 0 Å². The summed E-state index contributed by atoms with van der Waals surface area (Å²) in [6, 6.07) is 0. The van der Waals surface area contributed by atoms with E-state index in [0.29, 0.717) is 5.03 Å². The molecule has 9 heavy (non-hydrogen) atoms. The standard InChI is InChI=1S/C4H2Cl3N2/c5-2-1-8-4(7)9-3(2)6/h1H,(H,8,9). The highest BCUT2D eigenvalue weighted by Gasteiger charge is 2.13. The Bertz CT molecular complexity index is 175. The number of nitrogens with zero attached hydrogens (tertiary/aromatic N) is 1. The maximum absolute atomic E-state index is 5.50. The van der Waals surface area contributed by atoms with Crippen LogP contribution in [0.1, 0.15) is 0 Å². The van der Waals surface area contributed by atoms with Crippen molar-refractivity contribution in [1.82, 2.24) is 5.32 Å². The van der Waals surface area contributed by atoms with Gasteiger partial charge in [-0.2, -0.15) is 0 Å². The van der Waals surface area contributed by atoms with Gasteiger partial charge in [-0.3, -0.25) is 0 Å². The van der Waals surface area contributed by atoms with Gasteiger partial charge in [0.1, 0.15) is 0 Å². The molecule has 0 spiro atoms. The van der Waals surface area contributed by atoms with Gasteiger partial charge in [0, 0.05) is 6.20 Å². The van der Waals surface area contributed by atoms with Crippen molar-refractivity contribution in [2.45, 2.75) is 0 Å². The molecule has 0 aromatic carbocycles. The van der Waals surface area contributed by atoms with Gasteiger partial charge in [0.2, 0.25) is 5.50 Å². The minimum atomic E-state index is 0.209. The fourth-order valence-corrected chi connectivity index (χ4v) is 0.773. The Morgan fingerprint density at radius 3 is 2.44 bits per heavy atom. The predicted molar refractivity (Wildman–Crippen MR) is 39.5 cm³/mol. The van der Waals surface area contributed by atoms with Crippen LogP contribution in [0.2, 0.25) is 0 Å². The van der Waals surface area contributed by atoms with Gasteiger partial charge in [0.05, 0.1) is 5.03 Å². The van der Waals surface area contributed by atoms with E-state index in [4.69, 9.17) is 34.8 Å². The normalized spacial score (nSPS) is 20.3. The summed E-state index contributed by atoms with van der Waals surface area (Å²) >= 11 is 16.4. The number of hydrogen-bond acceptors (Lipinski definition) is 2. The summed E-state index contributed by atoms with van der Waals surface area (Å²) in [4.78, 5) is 3.62. The van der Waals surface area contributed by atoms with Gasteiger partial charge in [0.15, 0.2) is 5.29 Å². The average Bonchev–Trinajstić information content (AvgIpc) is 1.80. The van der Waals surface area contributed by atoms with E-state index in [2.05, 4.69) is 10.3 Å². The fraction of sp³-hybridized carbons (Fsp3) is 0. The zero-order valence-corrected chi connectivity index (χ0v) is 6.43. The number of halogens is 3. The van der Waals surface area contributed by atoms with E-state index in [9.17, 15) is 0 Å². The molecule has 0 amide bonds. The van der Waals surface area contributed by atoms with Crippen LogP contribution < -0.4 is 5.32 Å². The molecule has 1 aliphatic heterocycles. The van der Waals surface area contributed by atoms with E-state index in [0.717, 1.165) is 0 Å². The number of aliphatic imine (C=N–C) groups is 1. The van der Waals surface area contributed by atoms with Crippen LogP contribution >= 0.6 is 34.8 Å². The van der Waals surface area contributed by atoms with Gasteiger partial charge in [-0.1, -0.05) is 23.2 Å². The van der Waals surface area contributed by atoms with Crippen LogP contribution in [0, 0.1) is 5.50 Å². The second-order valence-corrected chi connectivity index (χ2v) is 2.45. The minimum absolute atomic E-state index is 0.209. The first-order valence-electron chi connectivity index (χ1n) is 2.09. The SMILES string of the molecule is Cl[C]1N=C(Cl)NC=C1Cl. The lowest BCUT2D eigenvalue weighted by Gasteiger charge is -2.08. The Kier molecular flexibility index (Phi) is 2.22. The smallest absolute Gasteiger partial charge is 0.217 e. The Morgan fingerprint density at radius 2 is 2.00 bits per heavy atom. The van der Waals surface area contributed by atoms with Gasteiger partial charge in [-0.05, 0) is 11.6 Å². The quantitative estimate of drug-likeness (QED) is 0.572. The Hall–Kier alpha value is 0.0800. The number of nitrogens with one attached hydrogen (secondary N) is 1. The van der Waals surface area contributed by atoms with Crippen molar-refractivity contribution in [2.75, 3.05) is 0 Å². The summed E-state index contributed by atoms with van der Waals surface area (Å²) in [6.45, 7) is 0. The molecule has 0 aromatic heterocycles. The summed E-state index contributed by atoms with van der Waals surface area (Å²) in [5, 5.41) is 3.17.